The molecule has 4 rings (SSSR count). The Morgan fingerprint density at radius 2 is 2.10 bits per heavy atom. The van der Waals surface area contributed by atoms with E-state index in [4.69, 9.17) is 0 Å². The normalized spacial score (nSPS) is 14.5. The smallest absolute Gasteiger partial charge is 0.330 e. The summed E-state index contributed by atoms with van der Waals surface area (Å²) in [6.07, 6.45) is 3.07. The van der Waals surface area contributed by atoms with Crippen LogP contribution < -0.4 is 5.69 Å². The monoisotopic (exact) mass is 283 g/mol. The lowest BCUT2D eigenvalue weighted by Gasteiger charge is -2.09. The van der Waals surface area contributed by atoms with Crippen molar-refractivity contribution in [2.45, 2.75) is 32.4 Å². The topological polar surface area (TPSA) is 57.6 Å². The summed E-state index contributed by atoms with van der Waals surface area (Å²) in [5.41, 5.74) is 2.01. The molecular weight excluding hydrogens is 266 g/mol. The number of para-hydroxylation sites is 2. The summed E-state index contributed by atoms with van der Waals surface area (Å²) in [4.78, 5) is 17.0. The molecule has 0 fully saturated rings. The van der Waals surface area contributed by atoms with E-state index in [9.17, 15) is 4.79 Å². The number of benzene rings is 1. The minimum absolute atomic E-state index is 0.0169. The summed E-state index contributed by atoms with van der Waals surface area (Å²) in [5.74, 6) is 1.76. The van der Waals surface area contributed by atoms with E-state index >= 15 is 0 Å². The number of aryl methyl sites for hydroxylation is 2. The highest BCUT2D eigenvalue weighted by molar-refractivity contribution is 5.75. The molecule has 6 heteroatoms. The maximum atomic E-state index is 12.4. The predicted octanol–water partition coefficient (Wildman–Crippen LogP) is 1.32. The van der Waals surface area contributed by atoms with Crippen LogP contribution in [0.25, 0.3) is 11.0 Å². The van der Waals surface area contributed by atoms with Crippen molar-refractivity contribution in [3.05, 3.63) is 46.4 Å². The largest absolute Gasteiger partial charge is 0.346 e. The summed E-state index contributed by atoms with van der Waals surface area (Å²) in [7, 11) is 1.98. The number of fused-ring (bicyclic) bond motifs is 2. The van der Waals surface area contributed by atoms with Crippen molar-refractivity contribution >= 4 is 11.0 Å². The molecule has 1 aliphatic heterocycles. The Labute approximate surface area is 121 Å². The van der Waals surface area contributed by atoms with Gasteiger partial charge < -0.3 is 4.57 Å². The van der Waals surface area contributed by atoms with Gasteiger partial charge in [-0.3, -0.25) is 4.57 Å². The number of hydrogen-bond donors (Lipinski definition) is 0. The van der Waals surface area contributed by atoms with Gasteiger partial charge in [-0.2, -0.15) is 5.10 Å². The molecule has 0 amide bonds. The lowest BCUT2D eigenvalue weighted by atomic mass is 10.2. The van der Waals surface area contributed by atoms with E-state index in [0.717, 1.165) is 48.5 Å². The Morgan fingerprint density at radius 1 is 1.24 bits per heavy atom. The fourth-order valence-corrected chi connectivity index (χ4v) is 3.02. The number of aromatic nitrogens is 5. The predicted molar refractivity (Wildman–Crippen MR) is 79.2 cm³/mol. The SMILES string of the molecule is Cn1c(Cn2nc3n(c2=O)CCCC3)nc2ccccc21. The Kier molecular flexibility index (Phi) is 2.70. The van der Waals surface area contributed by atoms with Crippen LogP contribution in [0.3, 0.4) is 0 Å². The van der Waals surface area contributed by atoms with Crippen LogP contribution in [0.15, 0.2) is 29.1 Å². The van der Waals surface area contributed by atoms with Crippen LogP contribution in [0, 0.1) is 0 Å². The molecule has 3 aromatic rings. The highest BCUT2D eigenvalue weighted by Gasteiger charge is 2.18. The van der Waals surface area contributed by atoms with Crippen molar-refractivity contribution in [2.24, 2.45) is 7.05 Å². The van der Waals surface area contributed by atoms with Gasteiger partial charge in [0, 0.05) is 20.0 Å². The first-order valence-electron chi connectivity index (χ1n) is 7.31. The molecule has 2 aromatic heterocycles. The first kappa shape index (κ1) is 12.4. The number of hydrogen-bond acceptors (Lipinski definition) is 3. The van der Waals surface area contributed by atoms with Gasteiger partial charge in [0.15, 0.2) is 0 Å². The van der Waals surface area contributed by atoms with Crippen molar-refractivity contribution in [1.29, 1.82) is 0 Å². The third-order valence-electron chi connectivity index (χ3n) is 4.20. The van der Waals surface area contributed by atoms with Crippen LogP contribution in [-0.4, -0.2) is 23.9 Å². The van der Waals surface area contributed by atoms with E-state index in [-0.39, 0.29) is 5.69 Å². The van der Waals surface area contributed by atoms with Crippen LogP contribution in [0.1, 0.15) is 24.5 Å². The molecular formula is C15H17N5O. The Morgan fingerprint density at radius 3 is 2.90 bits per heavy atom. The molecule has 0 N–H and O–H groups in total. The number of rotatable bonds is 2. The minimum Gasteiger partial charge on any atom is -0.330 e. The van der Waals surface area contributed by atoms with Gasteiger partial charge in [0.2, 0.25) is 0 Å². The second kappa shape index (κ2) is 4.58. The van der Waals surface area contributed by atoms with Crippen LogP contribution in [0.2, 0.25) is 0 Å². The molecule has 0 saturated carbocycles. The third-order valence-corrected chi connectivity index (χ3v) is 4.20. The zero-order valence-electron chi connectivity index (χ0n) is 12.0. The molecule has 3 heterocycles. The van der Waals surface area contributed by atoms with Gasteiger partial charge in [-0.25, -0.2) is 14.5 Å². The molecule has 0 spiro atoms. The van der Waals surface area contributed by atoms with Crippen molar-refractivity contribution in [1.82, 2.24) is 23.9 Å². The van der Waals surface area contributed by atoms with Gasteiger partial charge in [0.25, 0.3) is 0 Å². The summed E-state index contributed by atoms with van der Waals surface area (Å²) in [6, 6.07) is 7.99. The summed E-state index contributed by atoms with van der Waals surface area (Å²) < 4.78 is 5.37. The Balaban J connectivity index is 1.76. The first-order chi connectivity index (χ1) is 10.2. The summed E-state index contributed by atoms with van der Waals surface area (Å²) in [6.45, 7) is 1.21. The Hall–Kier alpha value is -2.37. The number of imidazole rings is 1. The van der Waals surface area contributed by atoms with E-state index < -0.39 is 0 Å². The van der Waals surface area contributed by atoms with Crippen molar-refractivity contribution < 1.29 is 0 Å². The average Bonchev–Trinajstić information content (AvgIpc) is 2.99. The second-order valence-electron chi connectivity index (χ2n) is 5.54. The lowest BCUT2D eigenvalue weighted by molar-refractivity contribution is 0.511. The molecule has 0 radical (unpaired) electrons. The average molecular weight is 283 g/mol. The quantitative estimate of drug-likeness (QED) is 0.712. The molecule has 1 aliphatic rings. The van der Waals surface area contributed by atoms with E-state index in [2.05, 4.69) is 10.1 Å². The number of nitrogens with zero attached hydrogens (tertiary/aromatic N) is 5. The highest BCUT2D eigenvalue weighted by atomic mass is 16.2. The second-order valence-corrected chi connectivity index (χ2v) is 5.54. The van der Waals surface area contributed by atoms with Crippen LogP contribution in [-0.2, 0) is 26.6 Å². The first-order valence-corrected chi connectivity index (χ1v) is 7.31. The zero-order valence-corrected chi connectivity index (χ0v) is 12.0. The molecule has 0 atom stereocenters. The molecule has 0 bridgehead atoms. The summed E-state index contributed by atoms with van der Waals surface area (Å²) in [5, 5.41) is 4.47. The van der Waals surface area contributed by atoms with E-state index in [0.29, 0.717) is 6.54 Å². The fourth-order valence-electron chi connectivity index (χ4n) is 3.02. The molecule has 0 aliphatic carbocycles. The Bertz CT molecular complexity index is 870. The molecule has 21 heavy (non-hydrogen) atoms. The van der Waals surface area contributed by atoms with Crippen molar-refractivity contribution in [2.75, 3.05) is 0 Å². The van der Waals surface area contributed by atoms with Crippen LogP contribution in [0.4, 0.5) is 0 Å². The highest BCUT2D eigenvalue weighted by Crippen LogP contribution is 2.15. The summed E-state index contributed by atoms with van der Waals surface area (Å²) >= 11 is 0. The van der Waals surface area contributed by atoms with Crippen LogP contribution in [0.5, 0.6) is 0 Å². The van der Waals surface area contributed by atoms with Gasteiger partial charge in [0.1, 0.15) is 18.2 Å². The molecule has 108 valence electrons. The van der Waals surface area contributed by atoms with E-state index in [1.165, 1.54) is 0 Å². The fraction of sp³-hybridized carbons (Fsp3) is 0.400. The lowest BCUT2D eigenvalue weighted by Crippen LogP contribution is -2.27. The van der Waals surface area contributed by atoms with Gasteiger partial charge in [0.05, 0.1) is 11.0 Å². The molecule has 6 nitrogen and oxygen atoms in total. The maximum Gasteiger partial charge on any atom is 0.346 e. The van der Waals surface area contributed by atoms with Gasteiger partial charge in [-0.1, -0.05) is 12.1 Å². The standard InChI is InChI=1S/C15H17N5O/c1-18-12-7-3-2-6-11(12)16-14(18)10-20-15(21)19-9-5-4-8-13(19)17-20/h2-3,6-7H,4-5,8-10H2,1H3. The van der Waals surface area contributed by atoms with Gasteiger partial charge in [-0.15, -0.1) is 0 Å². The minimum atomic E-state index is -0.0169. The molecule has 0 saturated heterocycles. The zero-order chi connectivity index (χ0) is 14.4. The van der Waals surface area contributed by atoms with E-state index in [1.807, 2.05) is 35.9 Å². The van der Waals surface area contributed by atoms with Gasteiger partial charge >= 0.3 is 5.69 Å². The molecule has 1 aromatic carbocycles. The molecule has 0 unspecified atom stereocenters. The van der Waals surface area contributed by atoms with Crippen LogP contribution >= 0.6 is 0 Å². The van der Waals surface area contributed by atoms with Gasteiger partial charge in [-0.05, 0) is 25.0 Å². The third kappa shape index (κ3) is 1.90. The maximum absolute atomic E-state index is 12.4. The van der Waals surface area contributed by atoms with Crippen molar-refractivity contribution in [3.8, 4) is 0 Å². The van der Waals surface area contributed by atoms with Crippen molar-refractivity contribution in [3.63, 3.8) is 0 Å². The van der Waals surface area contributed by atoms with E-state index in [1.54, 1.807) is 9.25 Å².